The van der Waals surface area contributed by atoms with E-state index in [0.717, 1.165) is 35.8 Å². The van der Waals surface area contributed by atoms with Crippen molar-refractivity contribution in [2.75, 3.05) is 32.9 Å². The van der Waals surface area contributed by atoms with Gasteiger partial charge in [0, 0.05) is 0 Å². The molecule has 8 heteroatoms. The molecular formula is C25H28N2O5S. The number of fused-ring (bicyclic) bond motifs is 2. The van der Waals surface area contributed by atoms with Gasteiger partial charge in [-0.1, -0.05) is 36.4 Å². The molecule has 2 atom stereocenters. The van der Waals surface area contributed by atoms with Crippen LogP contribution in [0.1, 0.15) is 24.3 Å². The normalized spacial score (nSPS) is 18.9. The largest absolute Gasteiger partial charge is 0.490 e. The summed E-state index contributed by atoms with van der Waals surface area (Å²) in [7, 11) is -3.89. The van der Waals surface area contributed by atoms with Crippen molar-refractivity contribution in [2.45, 2.75) is 23.7 Å². The fourth-order valence-electron chi connectivity index (χ4n) is 5.00. The quantitative estimate of drug-likeness (QED) is 0.551. The SMILES string of the molecule is NS(=O)(=O)c1ccc2ccccc2c1C(CCOc1cccc2c1OCCO2)C1CCNC1. The van der Waals surface area contributed by atoms with E-state index in [1.165, 1.54) is 0 Å². The van der Waals surface area contributed by atoms with E-state index < -0.39 is 10.0 Å². The Kier molecular flexibility index (Phi) is 6.14. The molecule has 0 spiro atoms. The van der Waals surface area contributed by atoms with Gasteiger partial charge in [-0.15, -0.1) is 0 Å². The highest BCUT2D eigenvalue weighted by atomic mass is 32.2. The lowest BCUT2D eigenvalue weighted by molar-refractivity contribution is 0.160. The average molecular weight is 469 g/mol. The van der Waals surface area contributed by atoms with Crippen LogP contribution in [0.25, 0.3) is 10.8 Å². The Bertz CT molecular complexity index is 1250. The summed E-state index contributed by atoms with van der Waals surface area (Å²) in [6.07, 6.45) is 1.61. The summed E-state index contributed by atoms with van der Waals surface area (Å²) in [6, 6.07) is 17.0. The minimum Gasteiger partial charge on any atom is -0.490 e. The third-order valence-electron chi connectivity index (χ3n) is 6.49. The van der Waals surface area contributed by atoms with Crippen LogP contribution in [0.2, 0.25) is 0 Å². The van der Waals surface area contributed by atoms with E-state index in [9.17, 15) is 8.42 Å². The van der Waals surface area contributed by atoms with Crippen molar-refractivity contribution in [3.63, 3.8) is 0 Å². The maximum Gasteiger partial charge on any atom is 0.238 e. The molecule has 0 aliphatic carbocycles. The van der Waals surface area contributed by atoms with Crippen molar-refractivity contribution < 1.29 is 22.6 Å². The van der Waals surface area contributed by atoms with Gasteiger partial charge in [-0.25, -0.2) is 13.6 Å². The Morgan fingerprint density at radius 2 is 1.91 bits per heavy atom. The van der Waals surface area contributed by atoms with Gasteiger partial charge in [-0.3, -0.25) is 0 Å². The Hall–Kier alpha value is -2.81. The lowest BCUT2D eigenvalue weighted by Crippen LogP contribution is -2.23. The van der Waals surface area contributed by atoms with Crippen LogP contribution >= 0.6 is 0 Å². The Morgan fingerprint density at radius 3 is 2.73 bits per heavy atom. The molecular weight excluding hydrogens is 440 g/mol. The third kappa shape index (κ3) is 4.51. The molecule has 0 bridgehead atoms. The molecule has 174 valence electrons. The maximum absolute atomic E-state index is 12.6. The lowest BCUT2D eigenvalue weighted by Gasteiger charge is -2.27. The van der Waals surface area contributed by atoms with Gasteiger partial charge >= 0.3 is 0 Å². The Labute approximate surface area is 193 Å². The van der Waals surface area contributed by atoms with Gasteiger partial charge in [0.15, 0.2) is 11.5 Å². The minimum absolute atomic E-state index is 0.0314. The van der Waals surface area contributed by atoms with E-state index in [1.54, 1.807) is 6.07 Å². The first-order valence-electron chi connectivity index (χ1n) is 11.3. The molecule has 2 unspecified atom stereocenters. The molecule has 0 saturated carbocycles. The van der Waals surface area contributed by atoms with Crippen molar-refractivity contribution in [3.8, 4) is 17.2 Å². The number of rotatable bonds is 7. The monoisotopic (exact) mass is 468 g/mol. The van der Waals surface area contributed by atoms with Crippen LogP contribution in [0.3, 0.4) is 0 Å². The van der Waals surface area contributed by atoms with Crippen molar-refractivity contribution in [1.29, 1.82) is 0 Å². The summed E-state index contributed by atoms with van der Waals surface area (Å²) in [5.74, 6) is 2.19. The number of hydrogen-bond donors (Lipinski definition) is 2. The lowest BCUT2D eigenvalue weighted by atomic mass is 9.81. The standard InChI is InChI=1S/C25H28N2O5S/c26-33(28,29)23-9-8-17-4-1-2-5-19(17)24(23)20(18-10-12-27-16-18)11-13-30-21-6-3-7-22-25(21)32-15-14-31-22/h1-9,18,20,27H,10-16H2,(H2,26,28,29). The van der Waals surface area contributed by atoms with Gasteiger partial charge in [0.2, 0.25) is 15.8 Å². The first-order valence-corrected chi connectivity index (χ1v) is 12.8. The first kappa shape index (κ1) is 22.0. The van der Waals surface area contributed by atoms with E-state index in [1.807, 2.05) is 48.5 Å². The summed E-state index contributed by atoms with van der Waals surface area (Å²) in [4.78, 5) is 0.201. The van der Waals surface area contributed by atoms with Crippen LogP contribution in [0.5, 0.6) is 17.2 Å². The smallest absolute Gasteiger partial charge is 0.238 e. The predicted octanol–water partition coefficient (Wildman–Crippen LogP) is 3.42. The molecule has 2 aliphatic rings. The molecule has 0 aromatic heterocycles. The highest BCUT2D eigenvalue weighted by Gasteiger charge is 2.32. The minimum atomic E-state index is -3.89. The molecule has 2 aliphatic heterocycles. The van der Waals surface area contributed by atoms with Gasteiger partial charge in [0.1, 0.15) is 13.2 Å². The second-order valence-corrected chi connectivity index (χ2v) is 10.1. The van der Waals surface area contributed by atoms with E-state index in [2.05, 4.69) is 5.32 Å². The van der Waals surface area contributed by atoms with Crippen molar-refractivity contribution >= 4 is 20.8 Å². The number of ether oxygens (including phenoxy) is 3. The van der Waals surface area contributed by atoms with Crippen LogP contribution in [0.4, 0.5) is 0 Å². The number of benzene rings is 3. The van der Waals surface area contributed by atoms with Gasteiger partial charge in [0.05, 0.1) is 11.5 Å². The molecule has 3 aromatic carbocycles. The van der Waals surface area contributed by atoms with Crippen molar-refractivity contribution in [3.05, 3.63) is 60.2 Å². The predicted molar refractivity (Wildman–Crippen MR) is 127 cm³/mol. The summed E-state index contributed by atoms with van der Waals surface area (Å²) in [6.45, 7) is 3.15. The molecule has 7 nitrogen and oxygen atoms in total. The fourth-order valence-corrected chi connectivity index (χ4v) is 5.82. The number of hydrogen-bond acceptors (Lipinski definition) is 6. The van der Waals surface area contributed by atoms with Crippen LogP contribution in [0.15, 0.2) is 59.5 Å². The Balaban J connectivity index is 1.49. The highest BCUT2D eigenvalue weighted by molar-refractivity contribution is 7.89. The number of primary sulfonamides is 1. The second kappa shape index (κ2) is 9.21. The van der Waals surface area contributed by atoms with E-state index in [4.69, 9.17) is 19.3 Å². The first-order chi connectivity index (χ1) is 16.0. The summed E-state index contributed by atoms with van der Waals surface area (Å²) >= 11 is 0. The highest BCUT2D eigenvalue weighted by Crippen LogP contribution is 2.42. The molecule has 2 heterocycles. The molecule has 5 rings (SSSR count). The molecule has 0 radical (unpaired) electrons. The second-order valence-electron chi connectivity index (χ2n) is 8.52. The summed E-state index contributed by atoms with van der Waals surface area (Å²) in [5.41, 5.74) is 0.794. The zero-order chi connectivity index (χ0) is 22.8. The molecule has 3 N–H and O–H groups in total. The summed E-state index contributed by atoms with van der Waals surface area (Å²) in [5, 5.41) is 11.0. The average Bonchev–Trinajstić information content (AvgIpc) is 3.35. The number of sulfonamides is 1. The van der Waals surface area contributed by atoms with Crippen molar-refractivity contribution in [2.24, 2.45) is 11.1 Å². The molecule has 1 fully saturated rings. The van der Waals surface area contributed by atoms with E-state index in [0.29, 0.717) is 43.5 Å². The topological polar surface area (TPSA) is 99.9 Å². The van der Waals surface area contributed by atoms with Gasteiger partial charge in [-0.2, -0.15) is 0 Å². The molecule has 3 aromatic rings. The zero-order valence-electron chi connectivity index (χ0n) is 18.3. The third-order valence-corrected chi connectivity index (χ3v) is 7.46. The number of nitrogens with two attached hydrogens (primary N) is 1. The number of para-hydroxylation sites is 1. The van der Waals surface area contributed by atoms with Gasteiger partial charge < -0.3 is 19.5 Å². The zero-order valence-corrected chi connectivity index (χ0v) is 19.1. The van der Waals surface area contributed by atoms with Crippen LogP contribution in [-0.2, 0) is 10.0 Å². The van der Waals surface area contributed by atoms with Crippen LogP contribution in [-0.4, -0.2) is 41.3 Å². The van der Waals surface area contributed by atoms with Gasteiger partial charge in [0.25, 0.3) is 0 Å². The van der Waals surface area contributed by atoms with Gasteiger partial charge in [-0.05, 0) is 72.3 Å². The van der Waals surface area contributed by atoms with Crippen LogP contribution < -0.4 is 24.7 Å². The molecule has 0 amide bonds. The van der Waals surface area contributed by atoms with Crippen molar-refractivity contribution in [1.82, 2.24) is 5.32 Å². The summed E-state index contributed by atoms with van der Waals surface area (Å²) < 4.78 is 42.7. The van der Waals surface area contributed by atoms with Crippen LogP contribution in [0, 0.1) is 5.92 Å². The molecule has 1 saturated heterocycles. The van der Waals surface area contributed by atoms with E-state index >= 15 is 0 Å². The number of nitrogens with one attached hydrogen (secondary N) is 1. The van der Waals surface area contributed by atoms with E-state index in [-0.39, 0.29) is 16.7 Å². The molecule has 33 heavy (non-hydrogen) atoms. The fraction of sp³-hybridized carbons (Fsp3) is 0.360. The Morgan fingerprint density at radius 1 is 1.06 bits per heavy atom. The maximum atomic E-state index is 12.6.